The number of fused-ring (bicyclic) bond motifs is 1. The Morgan fingerprint density at radius 2 is 2.18 bits per heavy atom. The lowest BCUT2D eigenvalue weighted by Gasteiger charge is -2.33. The van der Waals surface area contributed by atoms with Crippen LogP contribution in [0.5, 0.6) is 5.75 Å². The Bertz CT molecular complexity index is 675. The number of nitrogens with zero attached hydrogens (tertiary/aromatic N) is 1. The van der Waals surface area contributed by atoms with Crippen LogP contribution in [0.15, 0.2) is 22.8 Å². The molecular formula is C17H23BrN2O2. The molecule has 2 aromatic rings. The van der Waals surface area contributed by atoms with E-state index in [9.17, 15) is 10.2 Å². The van der Waals surface area contributed by atoms with Crippen LogP contribution in [0, 0.1) is 0 Å². The number of rotatable bonds is 4. The Kier molecular flexibility index (Phi) is 4.23. The van der Waals surface area contributed by atoms with Gasteiger partial charge in [-0.3, -0.25) is 4.90 Å². The minimum absolute atomic E-state index is 0.213. The number of benzene rings is 1. The minimum Gasteiger partial charge on any atom is -0.507 e. The predicted molar refractivity (Wildman–Crippen MR) is 92.3 cm³/mol. The van der Waals surface area contributed by atoms with Crippen molar-refractivity contribution in [2.24, 2.45) is 0 Å². The zero-order valence-electron chi connectivity index (χ0n) is 13.1. The van der Waals surface area contributed by atoms with Gasteiger partial charge in [0, 0.05) is 18.0 Å². The highest BCUT2D eigenvalue weighted by Crippen LogP contribution is 2.34. The lowest BCUT2D eigenvalue weighted by atomic mass is 9.96. The fraction of sp³-hybridized carbons (Fsp3) is 0.529. The molecule has 1 unspecified atom stereocenters. The second-order valence-corrected chi connectivity index (χ2v) is 7.51. The Balaban J connectivity index is 1.81. The van der Waals surface area contributed by atoms with Gasteiger partial charge in [0.1, 0.15) is 5.75 Å². The molecular weight excluding hydrogens is 344 g/mol. The molecule has 1 fully saturated rings. The molecule has 1 aromatic carbocycles. The Labute approximate surface area is 139 Å². The molecule has 1 aromatic heterocycles. The first-order chi connectivity index (χ1) is 10.4. The number of hydrogen-bond acceptors (Lipinski definition) is 3. The van der Waals surface area contributed by atoms with Crippen molar-refractivity contribution in [1.82, 2.24) is 9.88 Å². The van der Waals surface area contributed by atoms with Crippen LogP contribution < -0.4 is 0 Å². The van der Waals surface area contributed by atoms with Gasteiger partial charge in [-0.2, -0.15) is 0 Å². The van der Waals surface area contributed by atoms with Gasteiger partial charge in [-0.15, -0.1) is 0 Å². The summed E-state index contributed by atoms with van der Waals surface area (Å²) >= 11 is 3.57. The van der Waals surface area contributed by atoms with Crippen LogP contribution in [-0.4, -0.2) is 44.8 Å². The topological polar surface area (TPSA) is 59.5 Å². The summed E-state index contributed by atoms with van der Waals surface area (Å²) in [6.07, 6.45) is 3.02. The standard InChI is InChI=1S/C17H23BrN2O2/c1-17(2,22)14-7-4-9-20(14)10-8-11-15-12(19-16(11)18)5-3-6-13(15)21/h3,5-6,14,19,21-22H,4,7-10H2,1-2H3. The first-order valence-corrected chi connectivity index (χ1v) is 8.61. The molecule has 0 spiro atoms. The molecule has 22 heavy (non-hydrogen) atoms. The molecule has 4 nitrogen and oxygen atoms in total. The number of likely N-dealkylation sites (tertiary alicyclic amines) is 1. The summed E-state index contributed by atoms with van der Waals surface area (Å²) in [4.78, 5) is 5.64. The summed E-state index contributed by atoms with van der Waals surface area (Å²) in [5.74, 6) is 0.315. The zero-order valence-corrected chi connectivity index (χ0v) is 14.7. The molecule has 0 radical (unpaired) electrons. The molecule has 1 aliphatic heterocycles. The molecule has 1 saturated heterocycles. The summed E-state index contributed by atoms with van der Waals surface area (Å²) in [5, 5.41) is 21.4. The SMILES string of the molecule is CC(C)(O)C1CCCN1CCc1c(Br)[nH]c2cccc(O)c12. The van der Waals surface area contributed by atoms with Gasteiger partial charge < -0.3 is 15.2 Å². The van der Waals surface area contributed by atoms with Gasteiger partial charge in [-0.05, 0) is 73.3 Å². The maximum Gasteiger partial charge on any atom is 0.125 e. The van der Waals surface area contributed by atoms with E-state index in [0.29, 0.717) is 5.75 Å². The summed E-state index contributed by atoms with van der Waals surface area (Å²) in [6, 6.07) is 5.75. The van der Waals surface area contributed by atoms with E-state index in [1.807, 2.05) is 26.0 Å². The second kappa shape index (κ2) is 5.87. The van der Waals surface area contributed by atoms with Crippen LogP contribution >= 0.6 is 15.9 Å². The summed E-state index contributed by atoms with van der Waals surface area (Å²) in [7, 11) is 0. The third-order valence-corrected chi connectivity index (χ3v) is 5.36. The summed E-state index contributed by atoms with van der Waals surface area (Å²) in [5.41, 5.74) is 1.38. The molecule has 3 rings (SSSR count). The van der Waals surface area contributed by atoms with Gasteiger partial charge in [-0.1, -0.05) is 6.07 Å². The molecule has 1 atom stereocenters. The van der Waals surface area contributed by atoms with Crippen molar-refractivity contribution in [2.45, 2.75) is 44.8 Å². The van der Waals surface area contributed by atoms with Gasteiger partial charge in [0.2, 0.25) is 0 Å². The quantitative estimate of drug-likeness (QED) is 0.776. The Hall–Kier alpha value is -1.04. The van der Waals surface area contributed by atoms with Crippen molar-refractivity contribution in [3.05, 3.63) is 28.4 Å². The van der Waals surface area contributed by atoms with Crippen molar-refractivity contribution in [2.75, 3.05) is 13.1 Å². The van der Waals surface area contributed by atoms with E-state index in [-0.39, 0.29) is 6.04 Å². The molecule has 5 heteroatoms. The maximum atomic E-state index is 10.3. The Morgan fingerprint density at radius 3 is 2.91 bits per heavy atom. The highest BCUT2D eigenvalue weighted by Gasteiger charge is 2.35. The highest BCUT2D eigenvalue weighted by molar-refractivity contribution is 9.10. The van der Waals surface area contributed by atoms with Crippen LogP contribution in [-0.2, 0) is 6.42 Å². The van der Waals surface area contributed by atoms with E-state index >= 15 is 0 Å². The van der Waals surface area contributed by atoms with Crippen molar-refractivity contribution in [3.63, 3.8) is 0 Å². The fourth-order valence-electron chi connectivity index (χ4n) is 3.65. The minimum atomic E-state index is -0.671. The molecule has 1 aliphatic rings. The first-order valence-electron chi connectivity index (χ1n) is 7.82. The third kappa shape index (κ3) is 2.90. The summed E-state index contributed by atoms with van der Waals surface area (Å²) in [6.45, 7) is 5.70. The van der Waals surface area contributed by atoms with E-state index in [4.69, 9.17) is 0 Å². The molecule has 0 saturated carbocycles. The van der Waals surface area contributed by atoms with Crippen molar-refractivity contribution in [3.8, 4) is 5.75 Å². The van der Waals surface area contributed by atoms with E-state index in [1.54, 1.807) is 6.07 Å². The van der Waals surface area contributed by atoms with Crippen LogP contribution in [0.25, 0.3) is 10.9 Å². The van der Waals surface area contributed by atoms with E-state index in [0.717, 1.165) is 53.4 Å². The van der Waals surface area contributed by atoms with Gasteiger partial charge in [0.05, 0.1) is 15.7 Å². The van der Waals surface area contributed by atoms with Gasteiger partial charge >= 0.3 is 0 Å². The number of aromatic nitrogens is 1. The van der Waals surface area contributed by atoms with Crippen LogP contribution in [0.1, 0.15) is 32.3 Å². The summed E-state index contributed by atoms with van der Waals surface area (Å²) < 4.78 is 0.933. The average Bonchev–Trinajstić information content (AvgIpc) is 3.00. The number of hydrogen-bond donors (Lipinski definition) is 3. The van der Waals surface area contributed by atoms with Crippen molar-refractivity contribution in [1.29, 1.82) is 0 Å². The monoisotopic (exact) mass is 366 g/mol. The smallest absolute Gasteiger partial charge is 0.125 e. The number of phenolic OH excluding ortho intramolecular Hbond substituents is 1. The maximum absolute atomic E-state index is 10.3. The molecule has 120 valence electrons. The van der Waals surface area contributed by atoms with E-state index in [1.165, 1.54) is 0 Å². The van der Waals surface area contributed by atoms with E-state index in [2.05, 4.69) is 25.8 Å². The van der Waals surface area contributed by atoms with E-state index < -0.39 is 5.60 Å². The number of halogens is 1. The normalized spacial score (nSPS) is 20.1. The van der Waals surface area contributed by atoms with Crippen molar-refractivity contribution >= 4 is 26.8 Å². The number of aromatic amines is 1. The fourth-order valence-corrected chi connectivity index (χ4v) is 4.26. The highest BCUT2D eigenvalue weighted by atomic mass is 79.9. The number of phenols is 1. The average molecular weight is 367 g/mol. The van der Waals surface area contributed by atoms with Gasteiger partial charge in [0.25, 0.3) is 0 Å². The molecule has 3 N–H and O–H groups in total. The van der Waals surface area contributed by atoms with Gasteiger partial charge in [-0.25, -0.2) is 0 Å². The van der Waals surface area contributed by atoms with Crippen LogP contribution in [0.2, 0.25) is 0 Å². The lowest BCUT2D eigenvalue weighted by molar-refractivity contribution is -0.00194. The lowest BCUT2D eigenvalue weighted by Crippen LogP contribution is -2.46. The molecule has 0 amide bonds. The van der Waals surface area contributed by atoms with Crippen molar-refractivity contribution < 1.29 is 10.2 Å². The molecule has 0 aliphatic carbocycles. The number of aliphatic hydroxyl groups is 1. The number of H-pyrrole nitrogens is 1. The van der Waals surface area contributed by atoms with Crippen LogP contribution in [0.3, 0.4) is 0 Å². The number of nitrogens with one attached hydrogen (secondary N) is 1. The van der Waals surface area contributed by atoms with Gasteiger partial charge in [0.15, 0.2) is 0 Å². The molecule has 2 heterocycles. The predicted octanol–water partition coefficient (Wildman–Crippen LogP) is 3.41. The largest absolute Gasteiger partial charge is 0.507 e. The van der Waals surface area contributed by atoms with Crippen LogP contribution in [0.4, 0.5) is 0 Å². The number of aromatic hydroxyl groups is 1. The second-order valence-electron chi connectivity index (χ2n) is 6.71. The zero-order chi connectivity index (χ0) is 15.9. The first kappa shape index (κ1) is 15.8. The molecule has 0 bridgehead atoms. The third-order valence-electron chi connectivity index (χ3n) is 4.68. The Morgan fingerprint density at radius 1 is 1.41 bits per heavy atom.